The summed E-state index contributed by atoms with van der Waals surface area (Å²) < 4.78 is 0. The number of hydrogen-bond acceptors (Lipinski definition) is 2. The first-order valence-corrected chi connectivity index (χ1v) is 3.99. The van der Waals surface area contributed by atoms with Gasteiger partial charge in [0.05, 0.1) is 0 Å². The van der Waals surface area contributed by atoms with Crippen molar-refractivity contribution in [3.8, 4) is 0 Å². The van der Waals surface area contributed by atoms with E-state index in [0.717, 1.165) is 0 Å². The smallest absolute Gasteiger partial charge is 0.000460 e. The molecule has 0 atom stereocenters. The van der Waals surface area contributed by atoms with E-state index in [9.17, 15) is 0 Å². The molecule has 1 nitrogen and oxygen atoms in total. The molecule has 0 amide bonds. The quantitative estimate of drug-likeness (QED) is 0.570. The van der Waals surface area contributed by atoms with Crippen LogP contribution in [0.4, 0.5) is 0 Å². The second-order valence-electron chi connectivity index (χ2n) is 1.68. The molecule has 10 heavy (non-hydrogen) atoms. The van der Waals surface area contributed by atoms with Crippen LogP contribution < -0.4 is 5.32 Å². The predicted molar refractivity (Wildman–Crippen MR) is 47.3 cm³/mol. The first-order chi connectivity index (χ1) is 5.00. The summed E-state index contributed by atoms with van der Waals surface area (Å²) in [5.41, 5.74) is 0. The molecule has 0 spiro atoms. The van der Waals surface area contributed by atoms with Crippen molar-refractivity contribution in [2.24, 2.45) is 0 Å². The minimum atomic E-state index is 1.66. The minimum Gasteiger partial charge on any atom is -0.368 e. The standard InChI is InChI=1S/C8H9NS/c1-3-7-10-8-4-2-6-9-5-1/h1-9H/b5-1-,6-2?,7-3-,8-4?. The highest BCUT2D eigenvalue weighted by atomic mass is 32.2. The van der Waals surface area contributed by atoms with E-state index in [4.69, 9.17) is 0 Å². The van der Waals surface area contributed by atoms with E-state index in [1.807, 2.05) is 47.5 Å². The predicted octanol–water partition coefficient (Wildman–Crippen LogP) is 2.38. The molecule has 0 radical (unpaired) electrons. The number of nitrogens with one attached hydrogen (secondary N) is 1. The van der Waals surface area contributed by atoms with E-state index >= 15 is 0 Å². The maximum Gasteiger partial charge on any atom is 0.000460 e. The third-order valence-electron chi connectivity index (χ3n) is 0.921. The molecule has 1 N–H and O–H groups in total. The Morgan fingerprint density at radius 3 is 2.00 bits per heavy atom. The molecular formula is C8H9NS. The highest BCUT2D eigenvalue weighted by Gasteiger charge is 1.71. The van der Waals surface area contributed by atoms with Crippen molar-refractivity contribution in [3.05, 3.63) is 47.5 Å². The number of hydrogen-bond donors (Lipinski definition) is 1. The molecule has 0 fully saturated rings. The van der Waals surface area contributed by atoms with Crippen molar-refractivity contribution in [1.29, 1.82) is 0 Å². The average molecular weight is 151 g/mol. The molecule has 0 aromatic carbocycles. The summed E-state index contributed by atoms with van der Waals surface area (Å²) in [4.78, 5) is 0. The van der Waals surface area contributed by atoms with Gasteiger partial charge in [0.2, 0.25) is 0 Å². The van der Waals surface area contributed by atoms with Gasteiger partial charge in [0.15, 0.2) is 0 Å². The van der Waals surface area contributed by atoms with Crippen molar-refractivity contribution >= 4 is 11.8 Å². The minimum absolute atomic E-state index is 1.66. The van der Waals surface area contributed by atoms with Crippen LogP contribution in [0.2, 0.25) is 0 Å². The van der Waals surface area contributed by atoms with Crippen LogP contribution in [0, 0.1) is 0 Å². The van der Waals surface area contributed by atoms with Gasteiger partial charge in [0, 0.05) is 12.4 Å². The molecular weight excluding hydrogens is 142 g/mol. The molecule has 1 heterocycles. The van der Waals surface area contributed by atoms with Crippen LogP contribution >= 0.6 is 11.8 Å². The molecule has 1 aliphatic rings. The van der Waals surface area contributed by atoms with Gasteiger partial charge in [-0.3, -0.25) is 0 Å². The van der Waals surface area contributed by atoms with Gasteiger partial charge in [-0.2, -0.15) is 0 Å². The van der Waals surface area contributed by atoms with E-state index in [1.165, 1.54) is 0 Å². The van der Waals surface area contributed by atoms with Crippen molar-refractivity contribution < 1.29 is 0 Å². The lowest BCUT2D eigenvalue weighted by Gasteiger charge is -1.87. The van der Waals surface area contributed by atoms with E-state index < -0.39 is 0 Å². The van der Waals surface area contributed by atoms with Crippen molar-refractivity contribution in [3.63, 3.8) is 0 Å². The Morgan fingerprint density at radius 1 is 0.800 bits per heavy atom. The van der Waals surface area contributed by atoms with Gasteiger partial charge in [0.1, 0.15) is 0 Å². The van der Waals surface area contributed by atoms with Crippen molar-refractivity contribution in [1.82, 2.24) is 5.32 Å². The molecule has 1 aliphatic heterocycles. The fourth-order valence-electron chi connectivity index (χ4n) is 0.505. The number of thioether (sulfide) groups is 1. The second-order valence-corrected chi connectivity index (χ2v) is 2.49. The van der Waals surface area contributed by atoms with Crippen LogP contribution in [-0.4, -0.2) is 0 Å². The molecule has 1 rings (SSSR count). The van der Waals surface area contributed by atoms with Gasteiger partial charge in [0.25, 0.3) is 0 Å². The highest BCUT2D eigenvalue weighted by Crippen LogP contribution is 2.03. The van der Waals surface area contributed by atoms with E-state index in [2.05, 4.69) is 5.32 Å². The molecule has 0 saturated carbocycles. The zero-order chi connectivity index (χ0) is 7.07. The lowest BCUT2D eigenvalue weighted by atomic mass is 10.5. The summed E-state index contributed by atoms with van der Waals surface area (Å²) in [5, 5.41) is 7.03. The van der Waals surface area contributed by atoms with E-state index in [1.54, 1.807) is 11.8 Å². The topological polar surface area (TPSA) is 12.0 Å². The first-order valence-electron chi connectivity index (χ1n) is 3.05. The van der Waals surface area contributed by atoms with Crippen LogP contribution in [-0.2, 0) is 0 Å². The Morgan fingerprint density at radius 2 is 1.40 bits per heavy atom. The summed E-state index contributed by atoms with van der Waals surface area (Å²) in [6, 6.07) is 0. The number of rotatable bonds is 0. The normalized spacial score (nSPS) is 23.2. The zero-order valence-corrected chi connectivity index (χ0v) is 6.34. The molecule has 0 bridgehead atoms. The van der Waals surface area contributed by atoms with Crippen LogP contribution in [0.25, 0.3) is 0 Å². The summed E-state index contributed by atoms with van der Waals surface area (Å²) in [6.07, 6.45) is 11.6. The van der Waals surface area contributed by atoms with Gasteiger partial charge in [-0.15, -0.1) is 11.8 Å². The Labute approximate surface area is 65.2 Å². The van der Waals surface area contributed by atoms with Gasteiger partial charge in [-0.25, -0.2) is 0 Å². The van der Waals surface area contributed by atoms with Crippen LogP contribution in [0.5, 0.6) is 0 Å². The molecule has 0 aromatic rings. The summed E-state index contributed by atoms with van der Waals surface area (Å²) in [7, 11) is 0. The Balaban J connectivity index is 2.50. The molecule has 0 aromatic heterocycles. The van der Waals surface area contributed by atoms with Gasteiger partial charge < -0.3 is 5.32 Å². The highest BCUT2D eigenvalue weighted by molar-refractivity contribution is 8.04. The second kappa shape index (κ2) is 4.94. The molecule has 0 aliphatic carbocycles. The average Bonchev–Trinajstić information content (AvgIpc) is 2.01. The summed E-state index contributed by atoms with van der Waals surface area (Å²) >= 11 is 1.66. The van der Waals surface area contributed by atoms with Gasteiger partial charge in [-0.05, 0) is 23.0 Å². The monoisotopic (exact) mass is 151 g/mol. The lowest BCUT2D eigenvalue weighted by molar-refractivity contribution is 1.20. The fourth-order valence-corrected chi connectivity index (χ4v) is 0.958. The summed E-state index contributed by atoms with van der Waals surface area (Å²) in [6.45, 7) is 0. The van der Waals surface area contributed by atoms with Crippen LogP contribution in [0.3, 0.4) is 0 Å². The maximum atomic E-state index is 2.98. The van der Waals surface area contributed by atoms with E-state index in [-0.39, 0.29) is 0 Å². The van der Waals surface area contributed by atoms with Crippen molar-refractivity contribution in [2.75, 3.05) is 0 Å². The SMILES string of the molecule is C1=CN/C=C\C=C/SC=C1. The van der Waals surface area contributed by atoms with Crippen LogP contribution in [0.1, 0.15) is 0 Å². The summed E-state index contributed by atoms with van der Waals surface area (Å²) in [5.74, 6) is 0. The van der Waals surface area contributed by atoms with E-state index in [0.29, 0.717) is 0 Å². The maximum absolute atomic E-state index is 2.98. The third-order valence-corrected chi connectivity index (χ3v) is 1.55. The largest absolute Gasteiger partial charge is 0.368 e. The zero-order valence-electron chi connectivity index (χ0n) is 5.53. The molecule has 2 heteroatoms. The fraction of sp³-hybridized carbons (Fsp3) is 0. The van der Waals surface area contributed by atoms with Crippen LogP contribution in [0.15, 0.2) is 47.5 Å². The number of allylic oxidation sites excluding steroid dienone is 4. The molecule has 0 saturated heterocycles. The van der Waals surface area contributed by atoms with Crippen molar-refractivity contribution in [2.45, 2.75) is 0 Å². The Bertz CT molecular complexity index is 147. The lowest BCUT2D eigenvalue weighted by Crippen LogP contribution is -1.89. The molecule has 0 unspecified atom stereocenters. The third kappa shape index (κ3) is 3.20. The Hall–Kier alpha value is -0.890. The Kier molecular flexibility index (Phi) is 3.57. The first kappa shape index (κ1) is 7.22. The van der Waals surface area contributed by atoms with Gasteiger partial charge in [-0.1, -0.05) is 12.2 Å². The molecule has 52 valence electrons. The van der Waals surface area contributed by atoms with Gasteiger partial charge >= 0.3 is 0 Å².